The van der Waals surface area contributed by atoms with Crippen molar-refractivity contribution in [1.29, 1.82) is 5.53 Å². The van der Waals surface area contributed by atoms with Gasteiger partial charge in [0.15, 0.2) is 0 Å². The smallest absolute Gasteiger partial charge is 0.280 e. The Morgan fingerprint density at radius 1 is 1.16 bits per heavy atom. The van der Waals surface area contributed by atoms with Gasteiger partial charge in [-0.3, -0.25) is 24.5 Å². The number of aryl methyl sites for hydroxylation is 1. The van der Waals surface area contributed by atoms with Gasteiger partial charge in [0, 0.05) is 18.8 Å². The van der Waals surface area contributed by atoms with E-state index in [2.05, 4.69) is 10.4 Å². The first-order valence-electron chi connectivity index (χ1n) is 15.0. The molecular formula is C32H40N7O4+. The number of nitrogens with zero attached hydrogens (tertiary/aromatic N) is 3. The molecule has 2 aromatic rings. The molecular weight excluding hydrogens is 546 g/mol. The van der Waals surface area contributed by atoms with Gasteiger partial charge < -0.3 is 20.9 Å². The average molecular weight is 587 g/mol. The fourth-order valence-corrected chi connectivity index (χ4v) is 6.60. The van der Waals surface area contributed by atoms with Crippen LogP contribution in [0, 0.1) is 11.4 Å². The molecule has 6 N–H and O–H groups in total. The van der Waals surface area contributed by atoms with Crippen LogP contribution in [-0.4, -0.2) is 58.6 Å². The third kappa shape index (κ3) is 5.94. The van der Waals surface area contributed by atoms with E-state index in [4.69, 9.17) is 11.3 Å². The highest BCUT2D eigenvalue weighted by molar-refractivity contribution is 6.08. The van der Waals surface area contributed by atoms with Gasteiger partial charge in [-0.1, -0.05) is 50.6 Å². The molecule has 0 aromatic heterocycles. The van der Waals surface area contributed by atoms with E-state index in [1.165, 1.54) is 16.0 Å². The van der Waals surface area contributed by atoms with Gasteiger partial charge in [-0.15, -0.1) is 5.11 Å². The SMILES string of the molecule is CC(C)C[C@H]1C(=O)N2C[C@]3(C[C@H]2C(N)=O)C(=O)Nc2ccc(cc23)CCCCCN1C(=O)/C(=C/[NH2+]c1ccccc1)N=N. The summed E-state index contributed by atoms with van der Waals surface area (Å²) in [6, 6.07) is 13.4. The number of para-hydroxylation sites is 1. The number of amides is 4. The number of carbonyl (C=O) groups is 4. The minimum atomic E-state index is -1.10. The summed E-state index contributed by atoms with van der Waals surface area (Å²) in [7, 11) is 0. The number of nitrogens with one attached hydrogen (secondary N) is 2. The Morgan fingerprint density at radius 3 is 2.63 bits per heavy atom. The lowest BCUT2D eigenvalue weighted by molar-refractivity contribution is -0.497. The molecule has 0 unspecified atom stereocenters. The van der Waals surface area contributed by atoms with Crippen LogP contribution in [-0.2, 0) is 31.0 Å². The van der Waals surface area contributed by atoms with Gasteiger partial charge >= 0.3 is 0 Å². The van der Waals surface area contributed by atoms with Gasteiger partial charge in [-0.25, -0.2) is 5.53 Å². The Balaban J connectivity index is 1.55. The van der Waals surface area contributed by atoms with E-state index >= 15 is 0 Å². The van der Waals surface area contributed by atoms with Crippen molar-refractivity contribution in [2.45, 2.75) is 69.9 Å². The molecule has 3 aliphatic rings. The number of benzene rings is 2. The van der Waals surface area contributed by atoms with Crippen LogP contribution in [0.5, 0.6) is 0 Å². The van der Waals surface area contributed by atoms with Crippen LogP contribution in [0.2, 0.25) is 0 Å². The highest BCUT2D eigenvalue weighted by atomic mass is 16.2. The molecule has 11 nitrogen and oxygen atoms in total. The first-order chi connectivity index (χ1) is 20.6. The number of carbonyl (C=O) groups excluding carboxylic acids is 4. The topological polar surface area (TPSA) is 166 Å². The molecule has 3 aliphatic heterocycles. The summed E-state index contributed by atoms with van der Waals surface area (Å²) in [6.07, 6.45) is 5.03. The summed E-state index contributed by atoms with van der Waals surface area (Å²) in [5.41, 5.74) is 15.9. The van der Waals surface area contributed by atoms with E-state index in [-0.39, 0.29) is 37.0 Å². The van der Waals surface area contributed by atoms with Crippen molar-refractivity contribution >= 4 is 35.0 Å². The summed E-state index contributed by atoms with van der Waals surface area (Å²) in [5, 5.41) is 8.23. The lowest BCUT2D eigenvalue weighted by Gasteiger charge is -2.36. The number of hydrogen-bond donors (Lipinski definition) is 4. The van der Waals surface area contributed by atoms with E-state index in [9.17, 15) is 19.2 Å². The van der Waals surface area contributed by atoms with E-state index in [1.54, 1.807) is 5.32 Å². The highest BCUT2D eigenvalue weighted by Crippen LogP contribution is 2.47. The van der Waals surface area contributed by atoms with Crippen LogP contribution < -0.4 is 16.4 Å². The van der Waals surface area contributed by atoms with E-state index < -0.39 is 35.2 Å². The van der Waals surface area contributed by atoms with Crippen molar-refractivity contribution in [3.63, 3.8) is 0 Å². The average Bonchev–Trinajstić information content (AvgIpc) is 3.52. The number of nitrogens with two attached hydrogens (primary N) is 2. The zero-order chi connectivity index (χ0) is 30.7. The molecule has 3 atom stereocenters. The largest absolute Gasteiger partial charge is 0.368 e. The predicted octanol–water partition coefficient (Wildman–Crippen LogP) is 2.70. The van der Waals surface area contributed by atoms with Crippen LogP contribution in [0.3, 0.4) is 0 Å². The van der Waals surface area contributed by atoms with Crippen molar-refractivity contribution in [3.05, 3.63) is 71.6 Å². The quantitative estimate of drug-likeness (QED) is 0.223. The van der Waals surface area contributed by atoms with Gasteiger partial charge in [-0.2, -0.15) is 0 Å². The molecule has 5 rings (SSSR count). The second-order valence-corrected chi connectivity index (χ2v) is 12.2. The Bertz CT molecular complexity index is 1460. The Kier molecular flexibility index (Phi) is 8.72. The first kappa shape index (κ1) is 30.1. The van der Waals surface area contributed by atoms with Crippen molar-refractivity contribution in [1.82, 2.24) is 9.80 Å². The van der Waals surface area contributed by atoms with Crippen molar-refractivity contribution < 1.29 is 24.5 Å². The molecule has 1 fully saturated rings. The lowest BCUT2D eigenvalue weighted by Crippen LogP contribution is -2.71. The number of rotatable bonds is 7. The highest BCUT2D eigenvalue weighted by Gasteiger charge is 2.58. The molecule has 1 spiro atoms. The van der Waals surface area contributed by atoms with E-state index in [1.807, 2.05) is 62.4 Å². The standard InChI is InChI=1S/C32H39N7O4/c1-20(2)15-26-30(42)39-19-32(17-27(39)28(33)40)23-16-21(12-13-24(23)36-31(32)43)9-5-4-8-14-38(26)29(41)25(37-34)18-35-22-10-6-3-7-11-22/h3,6-7,10-13,16,18,20,26-27,34-35H,4-5,8-9,14-15,17,19H2,1-2H3,(H2,33,40)(H,36,43)/p+1/b25-18-,37-34?/t26-,27-,32-/m0/s1. The van der Waals surface area contributed by atoms with Gasteiger partial charge in [0.2, 0.25) is 23.4 Å². The van der Waals surface area contributed by atoms with Gasteiger partial charge in [0.25, 0.3) is 5.91 Å². The predicted molar refractivity (Wildman–Crippen MR) is 160 cm³/mol. The van der Waals surface area contributed by atoms with Crippen LogP contribution in [0.4, 0.5) is 11.4 Å². The number of hydrogen-bond acceptors (Lipinski definition) is 6. The first-order valence-corrected chi connectivity index (χ1v) is 15.0. The maximum absolute atomic E-state index is 14.5. The third-order valence-corrected chi connectivity index (χ3v) is 8.81. The van der Waals surface area contributed by atoms with Crippen molar-refractivity contribution in [3.8, 4) is 0 Å². The summed E-state index contributed by atoms with van der Waals surface area (Å²) in [6.45, 7) is 4.21. The molecule has 2 aromatic carbocycles. The minimum absolute atomic E-state index is 0.00828. The zero-order valence-electron chi connectivity index (χ0n) is 24.7. The Hall–Kier alpha value is -4.38. The molecule has 43 heavy (non-hydrogen) atoms. The number of anilines is 1. The summed E-state index contributed by atoms with van der Waals surface area (Å²) >= 11 is 0. The molecule has 226 valence electrons. The Morgan fingerprint density at radius 2 is 1.93 bits per heavy atom. The van der Waals surface area contributed by atoms with E-state index in [0.717, 1.165) is 36.1 Å². The molecule has 0 aliphatic carbocycles. The van der Waals surface area contributed by atoms with E-state index in [0.29, 0.717) is 18.5 Å². The zero-order valence-corrected chi connectivity index (χ0v) is 24.7. The third-order valence-electron chi connectivity index (χ3n) is 8.81. The van der Waals surface area contributed by atoms with Crippen LogP contribution >= 0.6 is 0 Å². The maximum Gasteiger partial charge on any atom is 0.280 e. The summed E-state index contributed by atoms with van der Waals surface area (Å²) < 4.78 is 0. The molecule has 0 radical (unpaired) electrons. The van der Waals surface area contributed by atoms with Crippen LogP contribution in [0.15, 0.2) is 65.5 Å². The van der Waals surface area contributed by atoms with Gasteiger partial charge in [-0.05, 0) is 67.3 Å². The molecule has 11 heteroatoms. The summed E-state index contributed by atoms with van der Waals surface area (Å²) in [5.74, 6) is -1.86. The number of fused-ring (bicyclic) bond motifs is 2. The van der Waals surface area contributed by atoms with Crippen LogP contribution in [0.1, 0.15) is 57.1 Å². The molecule has 1 saturated heterocycles. The second-order valence-electron chi connectivity index (χ2n) is 12.2. The fourth-order valence-electron chi connectivity index (χ4n) is 6.60. The van der Waals surface area contributed by atoms with Gasteiger partial charge in [0.05, 0.1) is 5.41 Å². The minimum Gasteiger partial charge on any atom is -0.368 e. The monoisotopic (exact) mass is 586 g/mol. The van der Waals surface area contributed by atoms with Crippen molar-refractivity contribution in [2.24, 2.45) is 16.8 Å². The molecule has 0 saturated carbocycles. The lowest BCUT2D eigenvalue weighted by atomic mass is 9.78. The molecule has 3 heterocycles. The normalized spacial score (nSPS) is 24.1. The summed E-state index contributed by atoms with van der Waals surface area (Å²) in [4.78, 5) is 57.9. The van der Waals surface area contributed by atoms with Gasteiger partial charge in [0.1, 0.15) is 24.0 Å². The Labute approximate surface area is 251 Å². The number of quaternary nitrogens is 1. The maximum atomic E-state index is 14.5. The fraction of sp³-hybridized carbons (Fsp3) is 0.438. The molecule has 4 amide bonds. The second kappa shape index (κ2) is 12.5. The number of primary amides is 1. The molecule has 4 bridgehead atoms. The van der Waals surface area contributed by atoms with Crippen molar-refractivity contribution in [2.75, 3.05) is 18.4 Å². The van der Waals surface area contributed by atoms with Crippen LogP contribution in [0.25, 0.3) is 0 Å².